The number of nitrogens with zero attached hydrogens (tertiary/aromatic N) is 3. The van der Waals surface area contributed by atoms with Gasteiger partial charge in [0.15, 0.2) is 5.65 Å². The second-order valence-electron chi connectivity index (χ2n) is 4.74. The second-order valence-corrected chi connectivity index (χ2v) is 4.74. The largest absolute Gasteiger partial charge is 0.383 e. The van der Waals surface area contributed by atoms with Gasteiger partial charge in [0.1, 0.15) is 5.82 Å². The minimum absolute atomic E-state index is 0.553. The third-order valence-corrected chi connectivity index (χ3v) is 3.40. The van der Waals surface area contributed by atoms with E-state index >= 15 is 0 Å². The summed E-state index contributed by atoms with van der Waals surface area (Å²) >= 11 is 0. The van der Waals surface area contributed by atoms with Crippen LogP contribution in [0.25, 0.3) is 16.7 Å². The predicted molar refractivity (Wildman–Crippen MR) is 69.6 cm³/mol. The summed E-state index contributed by atoms with van der Waals surface area (Å²) < 4.78 is 1.87. The Morgan fingerprint density at radius 2 is 2.00 bits per heavy atom. The number of nitrogen functional groups attached to an aromatic ring is 1. The minimum atomic E-state index is 0.553. The quantitative estimate of drug-likeness (QED) is 0.720. The monoisotopic (exact) mass is 239 g/mol. The molecule has 0 bridgehead atoms. The summed E-state index contributed by atoms with van der Waals surface area (Å²) in [4.78, 5) is 0. The Labute approximate surface area is 104 Å². The molecule has 3 aromatic rings. The van der Waals surface area contributed by atoms with Gasteiger partial charge in [0.25, 0.3) is 0 Å². The highest BCUT2D eigenvalue weighted by atomic mass is 15.4. The predicted octanol–water partition coefficient (Wildman–Crippen LogP) is 2.21. The number of H-pyrrole nitrogens is 1. The average molecular weight is 239 g/mol. The van der Waals surface area contributed by atoms with E-state index in [0.29, 0.717) is 11.7 Å². The van der Waals surface area contributed by atoms with Crippen LogP contribution in [0.1, 0.15) is 24.5 Å². The van der Waals surface area contributed by atoms with E-state index in [9.17, 15) is 0 Å². The third-order valence-electron chi connectivity index (χ3n) is 3.40. The highest BCUT2D eigenvalue weighted by molar-refractivity contribution is 5.90. The van der Waals surface area contributed by atoms with Crippen molar-refractivity contribution in [3.63, 3.8) is 0 Å². The van der Waals surface area contributed by atoms with Crippen LogP contribution in [-0.2, 0) is 0 Å². The van der Waals surface area contributed by atoms with E-state index in [0.717, 1.165) is 22.4 Å². The molecule has 0 unspecified atom stereocenters. The highest BCUT2D eigenvalue weighted by Gasteiger charge is 2.31. The fourth-order valence-corrected chi connectivity index (χ4v) is 2.35. The van der Waals surface area contributed by atoms with E-state index in [-0.39, 0.29) is 0 Å². The third kappa shape index (κ3) is 1.27. The Kier molecular flexibility index (Phi) is 1.81. The zero-order valence-electron chi connectivity index (χ0n) is 9.80. The molecule has 0 aliphatic heterocycles. The molecule has 4 rings (SSSR count). The number of anilines is 1. The van der Waals surface area contributed by atoms with E-state index in [2.05, 4.69) is 10.2 Å². The number of aromatic nitrogens is 4. The van der Waals surface area contributed by atoms with Crippen molar-refractivity contribution in [3.05, 3.63) is 36.0 Å². The Morgan fingerprint density at radius 1 is 1.22 bits per heavy atom. The fourth-order valence-electron chi connectivity index (χ4n) is 2.35. The molecule has 0 amide bonds. The van der Waals surface area contributed by atoms with Gasteiger partial charge in [-0.25, -0.2) is 4.68 Å². The number of nitrogens with one attached hydrogen (secondary N) is 1. The van der Waals surface area contributed by atoms with Crippen molar-refractivity contribution in [1.82, 2.24) is 20.0 Å². The van der Waals surface area contributed by atoms with Crippen molar-refractivity contribution in [2.45, 2.75) is 18.8 Å². The van der Waals surface area contributed by atoms with Gasteiger partial charge in [-0.3, -0.25) is 5.10 Å². The number of hydrogen-bond acceptors (Lipinski definition) is 3. The van der Waals surface area contributed by atoms with Crippen molar-refractivity contribution in [2.75, 3.05) is 5.73 Å². The van der Waals surface area contributed by atoms with Crippen molar-refractivity contribution in [2.24, 2.45) is 0 Å². The van der Waals surface area contributed by atoms with E-state index in [1.54, 1.807) is 0 Å². The van der Waals surface area contributed by atoms with Crippen LogP contribution in [0.15, 0.2) is 30.3 Å². The molecule has 5 nitrogen and oxygen atoms in total. The molecule has 0 atom stereocenters. The molecule has 90 valence electrons. The zero-order chi connectivity index (χ0) is 12.1. The summed E-state index contributed by atoms with van der Waals surface area (Å²) in [6.07, 6.45) is 2.40. The maximum Gasteiger partial charge on any atom is 0.186 e. The van der Waals surface area contributed by atoms with E-state index in [4.69, 9.17) is 10.8 Å². The molecule has 5 heteroatoms. The molecule has 18 heavy (non-hydrogen) atoms. The lowest BCUT2D eigenvalue weighted by molar-refractivity contribution is 0.840. The maximum atomic E-state index is 5.96. The van der Waals surface area contributed by atoms with Gasteiger partial charge in [0, 0.05) is 5.92 Å². The van der Waals surface area contributed by atoms with Gasteiger partial charge >= 0.3 is 0 Å². The summed E-state index contributed by atoms with van der Waals surface area (Å²) in [5.41, 5.74) is 8.88. The van der Waals surface area contributed by atoms with Gasteiger partial charge in [-0.15, -0.1) is 0 Å². The van der Waals surface area contributed by atoms with Gasteiger partial charge in [-0.1, -0.05) is 18.2 Å². The lowest BCUT2D eigenvalue weighted by atomic mass is 10.2. The van der Waals surface area contributed by atoms with Crippen LogP contribution >= 0.6 is 0 Å². The van der Waals surface area contributed by atoms with Gasteiger partial charge in [0.05, 0.1) is 16.8 Å². The SMILES string of the molecule is Nc1[nH]nc2c1c(C1CC1)nn2-c1ccccc1. The standard InChI is InChI=1S/C13H13N5/c14-12-10-11(8-6-7-8)17-18(13(10)16-15-12)9-4-2-1-3-5-9/h1-5,8H,6-7H2,(H3,14,15,16). The normalized spacial score (nSPS) is 15.3. The number of benzene rings is 1. The molecule has 0 radical (unpaired) electrons. The van der Waals surface area contributed by atoms with Gasteiger partial charge in [-0.2, -0.15) is 10.2 Å². The molecule has 1 aromatic carbocycles. The first-order valence-electron chi connectivity index (χ1n) is 6.12. The molecule has 1 saturated carbocycles. The molecule has 1 aliphatic carbocycles. The van der Waals surface area contributed by atoms with Crippen molar-refractivity contribution in [1.29, 1.82) is 0 Å². The van der Waals surface area contributed by atoms with Crippen LogP contribution in [0.2, 0.25) is 0 Å². The molecular formula is C13H13N5. The van der Waals surface area contributed by atoms with Crippen molar-refractivity contribution in [3.8, 4) is 5.69 Å². The van der Waals surface area contributed by atoms with Crippen molar-refractivity contribution >= 4 is 16.9 Å². The summed E-state index contributed by atoms with van der Waals surface area (Å²) in [6.45, 7) is 0. The number of nitrogens with two attached hydrogens (primary N) is 1. The average Bonchev–Trinajstić information content (AvgIpc) is 3.07. The highest BCUT2D eigenvalue weighted by Crippen LogP contribution is 2.43. The van der Waals surface area contributed by atoms with Crippen LogP contribution in [-0.4, -0.2) is 20.0 Å². The summed E-state index contributed by atoms with van der Waals surface area (Å²) in [5, 5.41) is 12.8. The van der Waals surface area contributed by atoms with Crippen molar-refractivity contribution < 1.29 is 0 Å². The number of hydrogen-bond donors (Lipinski definition) is 2. The maximum absolute atomic E-state index is 5.96. The molecule has 1 aliphatic rings. The molecule has 3 N–H and O–H groups in total. The van der Waals surface area contributed by atoms with Crippen LogP contribution < -0.4 is 5.73 Å². The first-order chi connectivity index (χ1) is 8.84. The van der Waals surface area contributed by atoms with E-state index < -0.39 is 0 Å². The number of para-hydroxylation sites is 1. The molecule has 1 fully saturated rings. The van der Waals surface area contributed by atoms with Crippen LogP contribution in [0.4, 0.5) is 5.82 Å². The molecule has 0 spiro atoms. The van der Waals surface area contributed by atoms with Gasteiger partial charge in [0.2, 0.25) is 0 Å². The molecular weight excluding hydrogens is 226 g/mol. The molecule has 2 heterocycles. The fraction of sp³-hybridized carbons (Fsp3) is 0.231. The molecule has 0 saturated heterocycles. The Hall–Kier alpha value is -2.30. The molecule has 2 aromatic heterocycles. The van der Waals surface area contributed by atoms with Gasteiger partial charge in [-0.05, 0) is 25.0 Å². The Bertz CT molecular complexity index is 706. The van der Waals surface area contributed by atoms with Crippen LogP contribution in [0.5, 0.6) is 0 Å². The van der Waals surface area contributed by atoms with E-state index in [1.165, 1.54) is 12.8 Å². The Balaban J connectivity index is 2.01. The number of rotatable bonds is 2. The summed E-state index contributed by atoms with van der Waals surface area (Å²) in [7, 11) is 0. The summed E-state index contributed by atoms with van der Waals surface area (Å²) in [5.74, 6) is 1.17. The Morgan fingerprint density at radius 3 is 2.72 bits per heavy atom. The van der Waals surface area contributed by atoms with E-state index in [1.807, 2.05) is 35.0 Å². The smallest absolute Gasteiger partial charge is 0.186 e. The number of fused-ring (bicyclic) bond motifs is 1. The topological polar surface area (TPSA) is 72.5 Å². The van der Waals surface area contributed by atoms with Gasteiger partial charge < -0.3 is 5.73 Å². The lowest BCUT2D eigenvalue weighted by Gasteiger charge is -2.00. The van der Waals surface area contributed by atoms with Crippen LogP contribution in [0, 0.1) is 0 Å². The first kappa shape index (κ1) is 9.70. The van der Waals surface area contributed by atoms with Crippen LogP contribution in [0.3, 0.4) is 0 Å². The second kappa shape index (κ2) is 3.35. The lowest BCUT2D eigenvalue weighted by Crippen LogP contribution is -1.98. The minimum Gasteiger partial charge on any atom is -0.383 e. The summed E-state index contributed by atoms with van der Waals surface area (Å²) in [6, 6.07) is 10.0. The zero-order valence-corrected chi connectivity index (χ0v) is 9.80. The number of aromatic amines is 1. The first-order valence-corrected chi connectivity index (χ1v) is 6.12.